The van der Waals surface area contributed by atoms with Gasteiger partial charge in [0.15, 0.2) is 0 Å². The number of benzene rings is 2. The van der Waals surface area contributed by atoms with Gasteiger partial charge in [-0.3, -0.25) is 4.79 Å². The summed E-state index contributed by atoms with van der Waals surface area (Å²) in [6.07, 6.45) is 0. The van der Waals surface area contributed by atoms with Gasteiger partial charge < -0.3 is 5.32 Å². The Labute approximate surface area is 149 Å². The molecule has 0 atom stereocenters. The Hall–Kier alpha value is -2.18. The second-order valence-corrected chi connectivity index (χ2v) is 8.46. The van der Waals surface area contributed by atoms with Crippen LogP contribution in [0.15, 0.2) is 59.5 Å². The van der Waals surface area contributed by atoms with Crippen molar-refractivity contribution < 1.29 is 13.2 Å². The molecule has 0 bridgehead atoms. The van der Waals surface area contributed by atoms with Crippen molar-refractivity contribution in [3.8, 4) is 0 Å². The lowest BCUT2D eigenvalue weighted by molar-refractivity contribution is -0.120. The van der Waals surface area contributed by atoms with Crippen molar-refractivity contribution in [2.24, 2.45) is 0 Å². The van der Waals surface area contributed by atoms with Crippen LogP contribution in [0.2, 0.25) is 0 Å². The molecule has 25 heavy (non-hydrogen) atoms. The van der Waals surface area contributed by atoms with E-state index >= 15 is 0 Å². The maximum Gasteiger partial charge on any atom is 0.240 e. The number of hydrogen-bond donors (Lipinski definition) is 2. The largest absolute Gasteiger partial charge is 0.325 e. The van der Waals surface area contributed by atoms with Gasteiger partial charge in [0.2, 0.25) is 15.9 Å². The molecule has 0 heterocycles. The molecule has 5 nitrogen and oxygen atoms in total. The van der Waals surface area contributed by atoms with Gasteiger partial charge in [0.25, 0.3) is 0 Å². The van der Waals surface area contributed by atoms with E-state index in [0.717, 1.165) is 5.56 Å². The van der Waals surface area contributed by atoms with Crippen molar-refractivity contribution in [1.29, 1.82) is 0 Å². The number of nitrogens with one attached hydrogen (secondary N) is 2. The highest BCUT2D eigenvalue weighted by molar-refractivity contribution is 7.89. The van der Waals surface area contributed by atoms with Crippen LogP contribution < -0.4 is 10.0 Å². The third-order valence-corrected chi connectivity index (χ3v) is 5.55. The first kappa shape index (κ1) is 19.1. The number of amides is 1. The lowest BCUT2D eigenvalue weighted by Crippen LogP contribution is -2.34. The van der Waals surface area contributed by atoms with Crippen molar-refractivity contribution in [3.63, 3.8) is 0 Å². The molecular weight excluding hydrogens is 336 g/mol. The Morgan fingerprint density at radius 2 is 1.52 bits per heavy atom. The molecule has 2 aromatic rings. The molecule has 0 aliphatic heterocycles. The third kappa shape index (κ3) is 4.67. The van der Waals surface area contributed by atoms with E-state index in [1.807, 2.05) is 44.2 Å². The smallest absolute Gasteiger partial charge is 0.240 e. The Morgan fingerprint density at radius 3 is 2.04 bits per heavy atom. The van der Waals surface area contributed by atoms with E-state index in [1.54, 1.807) is 26.0 Å². The first-order valence-corrected chi connectivity index (χ1v) is 9.60. The molecule has 2 rings (SSSR count). The highest BCUT2D eigenvalue weighted by Crippen LogP contribution is 2.25. The van der Waals surface area contributed by atoms with E-state index in [1.165, 1.54) is 12.1 Å². The average Bonchev–Trinajstić information content (AvgIpc) is 2.55. The maximum absolute atomic E-state index is 12.6. The van der Waals surface area contributed by atoms with Gasteiger partial charge in [-0.25, -0.2) is 13.1 Å². The summed E-state index contributed by atoms with van der Waals surface area (Å²) in [6.45, 7) is 7.22. The molecule has 0 fully saturated rings. The van der Waals surface area contributed by atoms with Crippen LogP contribution in [0.5, 0.6) is 0 Å². The van der Waals surface area contributed by atoms with Crippen LogP contribution in [0.3, 0.4) is 0 Å². The zero-order valence-electron chi connectivity index (χ0n) is 14.9. The molecule has 2 aromatic carbocycles. The Morgan fingerprint density at radius 1 is 0.960 bits per heavy atom. The normalized spacial score (nSPS) is 12.2. The summed E-state index contributed by atoms with van der Waals surface area (Å²) in [5.41, 5.74) is 0.760. The second kappa shape index (κ2) is 7.37. The van der Waals surface area contributed by atoms with E-state index in [9.17, 15) is 13.2 Å². The molecular formula is C19H24N2O3S. The number of carbonyl (C=O) groups is 1. The summed E-state index contributed by atoms with van der Waals surface area (Å²) in [4.78, 5) is 12.8. The van der Waals surface area contributed by atoms with Gasteiger partial charge in [-0.15, -0.1) is 0 Å². The third-order valence-electron chi connectivity index (χ3n) is 3.88. The van der Waals surface area contributed by atoms with Crippen LogP contribution in [-0.2, 0) is 20.2 Å². The van der Waals surface area contributed by atoms with Crippen LogP contribution in [0.1, 0.15) is 33.3 Å². The summed E-state index contributed by atoms with van der Waals surface area (Å²) in [5, 5.41) is 2.85. The molecule has 0 aromatic heterocycles. The standard InChI is InChI=1S/C19H24N2O3S/c1-14(2)21-25(23,24)17-12-10-16(11-13-17)20-18(22)19(3,4)15-8-6-5-7-9-15/h5-14,21H,1-4H3,(H,20,22). The number of rotatable bonds is 6. The number of anilines is 1. The van der Waals surface area contributed by atoms with E-state index in [-0.39, 0.29) is 16.8 Å². The van der Waals surface area contributed by atoms with Crippen molar-refractivity contribution in [1.82, 2.24) is 4.72 Å². The van der Waals surface area contributed by atoms with Crippen LogP contribution in [0, 0.1) is 0 Å². The first-order valence-electron chi connectivity index (χ1n) is 8.12. The zero-order chi connectivity index (χ0) is 18.7. The van der Waals surface area contributed by atoms with Gasteiger partial charge in [0.05, 0.1) is 10.3 Å². The molecule has 0 unspecified atom stereocenters. The van der Waals surface area contributed by atoms with Crippen LogP contribution in [0.25, 0.3) is 0 Å². The van der Waals surface area contributed by atoms with Gasteiger partial charge >= 0.3 is 0 Å². The minimum absolute atomic E-state index is 0.158. The Kier molecular flexibility index (Phi) is 5.65. The molecule has 1 amide bonds. The van der Waals surface area contributed by atoms with Crippen molar-refractivity contribution in [2.45, 2.75) is 44.0 Å². The van der Waals surface area contributed by atoms with Gasteiger partial charge in [0, 0.05) is 11.7 Å². The van der Waals surface area contributed by atoms with Crippen molar-refractivity contribution >= 4 is 21.6 Å². The molecule has 0 spiro atoms. The zero-order valence-corrected chi connectivity index (χ0v) is 15.7. The van der Waals surface area contributed by atoms with Crippen molar-refractivity contribution in [3.05, 3.63) is 60.2 Å². The van der Waals surface area contributed by atoms with Crippen molar-refractivity contribution in [2.75, 3.05) is 5.32 Å². The van der Waals surface area contributed by atoms with Crippen LogP contribution >= 0.6 is 0 Å². The monoisotopic (exact) mass is 360 g/mol. The molecule has 0 radical (unpaired) electrons. The first-order chi connectivity index (χ1) is 11.6. The Balaban J connectivity index is 2.15. The SMILES string of the molecule is CC(C)NS(=O)(=O)c1ccc(NC(=O)C(C)(C)c2ccccc2)cc1. The summed E-state index contributed by atoms with van der Waals surface area (Å²) in [6, 6.07) is 15.5. The van der Waals surface area contributed by atoms with Crippen LogP contribution in [0.4, 0.5) is 5.69 Å². The summed E-state index contributed by atoms with van der Waals surface area (Å²) in [5.74, 6) is -0.158. The quantitative estimate of drug-likeness (QED) is 0.830. The van der Waals surface area contributed by atoms with E-state index in [2.05, 4.69) is 10.0 Å². The lowest BCUT2D eigenvalue weighted by Gasteiger charge is -2.24. The summed E-state index contributed by atoms with van der Waals surface area (Å²) >= 11 is 0. The van der Waals surface area contributed by atoms with E-state index < -0.39 is 15.4 Å². The number of carbonyl (C=O) groups excluding carboxylic acids is 1. The number of sulfonamides is 1. The Bertz CT molecular complexity index is 827. The van der Waals surface area contributed by atoms with Gasteiger partial charge in [-0.05, 0) is 57.5 Å². The molecule has 6 heteroatoms. The molecule has 0 aliphatic rings. The fraction of sp³-hybridized carbons (Fsp3) is 0.316. The summed E-state index contributed by atoms with van der Waals surface area (Å²) in [7, 11) is -3.54. The second-order valence-electron chi connectivity index (χ2n) is 6.75. The molecule has 0 saturated heterocycles. The number of hydrogen-bond acceptors (Lipinski definition) is 3. The fourth-order valence-corrected chi connectivity index (χ4v) is 3.62. The van der Waals surface area contributed by atoms with Gasteiger partial charge in [-0.1, -0.05) is 30.3 Å². The predicted molar refractivity (Wildman–Crippen MR) is 100.0 cm³/mol. The molecule has 134 valence electrons. The average molecular weight is 360 g/mol. The topological polar surface area (TPSA) is 75.3 Å². The highest BCUT2D eigenvalue weighted by Gasteiger charge is 2.29. The summed E-state index contributed by atoms with van der Waals surface area (Å²) < 4.78 is 26.8. The van der Waals surface area contributed by atoms with E-state index in [4.69, 9.17) is 0 Å². The fourth-order valence-electron chi connectivity index (χ4n) is 2.37. The molecule has 0 saturated carbocycles. The van der Waals surface area contributed by atoms with Gasteiger partial charge in [0.1, 0.15) is 0 Å². The maximum atomic E-state index is 12.6. The van der Waals surface area contributed by atoms with E-state index in [0.29, 0.717) is 5.69 Å². The minimum atomic E-state index is -3.54. The van der Waals surface area contributed by atoms with Gasteiger partial charge in [-0.2, -0.15) is 0 Å². The predicted octanol–water partition coefficient (Wildman–Crippen LogP) is 3.29. The van der Waals surface area contributed by atoms with Crippen LogP contribution in [-0.4, -0.2) is 20.4 Å². The lowest BCUT2D eigenvalue weighted by atomic mass is 9.83. The minimum Gasteiger partial charge on any atom is -0.325 e. The highest BCUT2D eigenvalue weighted by atomic mass is 32.2. The molecule has 0 aliphatic carbocycles. The molecule has 2 N–H and O–H groups in total.